The average molecular weight is 252 g/mol. The van der Waals surface area contributed by atoms with E-state index < -0.39 is 0 Å². The molecule has 1 atom stereocenters. The fourth-order valence-electron chi connectivity index (χ4n) is 1.67. The second-order valence-corrected chi connectivity index (χ2v) is 5.12. The monoisotopic (exact) mass is 251 g/mol. The highest BCUT2D eigenvalue weighted by atomic mass is 35.5. The van der Waals surface area contributed by atoms with Gasteiger partial charge in [0.2, 0.25) is 0 Å². The second kappa shape index (κ2) is 5.48. The predicted octanol–water partition coefficient (Wildman–Crippen LogP) is 4.03. The first-order valence-electron chi connectivity index (χ1n) is 5.30. The van der Waals surface area contributed by atoms with Gasteiger partial charge in [0.25, 0.3) is 0 Å². The fourth-order valence-corrected chi connectivity index (χ4v) is 2.90. The Kier molecular flexibility index (Phi) is 3.99. The zero-order valence-electron chi connectivity index (χ0n) is 8.90. The van der Waals surface area contributed by atoms with Crippen LogP contribution in [0.3, 0.4) is 0 Å². The smallest absolute Gasteiger partial charge is 0.0561 e. The molecule has 0 amide bonds. The first kappa shape index (κ1) is 11.6. The molecule has 0 bridgehead atoms. The van der Waals surface area contributed by atoms with E-state index in [1.54, 1.807) is 11.3 Å². The van der Waals surface area contributed by atoms with Crippen molar-refractivity contribution < 1.29 is 0 Å². The maximum Gasteiger partial charge on any atom is 0.0561 e. The van der Waals surface area contributed by atoms with Gasteiger partial charge in [-0.15, -0.1) is 11.3 Å². The molecule has 1 unspecified atom stereocenters. The molecule has 0 aliphatic rings. The van der Waals surface area contributed by atoms with E-state index in [1.807, 2.05) is 17.5 Å². The Morgan fingerprint density at radius 2 is 1.94 bits per heavy atom. The fraction of sp³-hybridized carbons (Fsp3) is 0.231. The zero-order valence-corrected chi connectivity index (χ0v) is 10.5. The number of hydrogen-bond acceptors (Lipinski definition) is 2. The molecule has 2 rings (SSSR count). The summed E-state index contributed by atoms with van der Waals surface area (Å²) in [7, 11) is 0. The van der Waals surface area contributed by atoms with Crippen LogP contribution >= 0.6 is 22.9 Å². The molecule has 2 aromatic rings. The van der Waals surface area contributed by atoms with E-state index in [4.69, 9.17) is 17.3 Å². The van der Waals surface area contributed by atoms with Gasteiger partial charge in [0.15, 0.2) is 0 Å². The number of benzene rings is 1. The van der Waals surface area contributed by atoms with Crippen LogP contribution in [0.1, 0.15) is 22.9 Å². The molecule has 0 spiro atoms. The van der Waals surface area contributed by atoms with Gasteiger partial charge >= 0.3 is 0 Å². The minimum atomic E-state index is 0.0488. The molecule has 0 saturated carbocycles. The lowest BCUT2D eigenvalue weighted by molar-refractivity contribution is 0.662. The van der Waals surface area contributed by atoms with Crippen LogP contribution in [-0.2, 0) is 6.42 Å². The van der Waals surface area contributed by atoms with Crippen molar-refractivity contribution in [3.8, 4) is 0 Å². The molecule has 84 valence electrons. The van der Waals surface area contributed by atoms with Gasteiger partial charge in [-0.2, -0.15) is 0 Å². The molecule has 0 fully saturated rings. The Morgan fingerprint density at radius 1 is 1.19 bits per heavy atom. The van der Waals surface area contributed by atoms with Gasteiger partial charge in [-0.3, -0.25) is 0 Å². The van der Waals surface area contributed by atoms with Crippen molar-refractivity contribution in [2.75, 3.05) is 0 Å². The molecular weight excluding hydrogens is 238 g/mol. The molecule has 1 nitrogen and oxygen atoms in total. The van der Waals surface area contributed by atoms with Crippen LogP contribution < -0.4 is 5.73 Å². The third-order valence-electron chi connectivity index (χ3n) is 2.57. The predicted molar refractivity (Wildman–Crippen MR) is 71.0 cm³/mol. The van der Waals surface area contributed by atoms with Crippen molar-refractivity contribution in [1.82, 2.24) is 0 Å². The van der Waals surface area contributed by atoms with Crippen molar-refractivity contribution in [3.05, 3.63) is 57.2 Å². The third-order valence-corrected chi connectivity index (χ3v) is 4.06. The third kappa shape index (κ3) is 2.85. The first-order chi connectivity index (χ1) is 7.77. The van der Waals surface area contributed by atoms with Crippen molar-refractivity contribution in [2.45, 2.75) is 18.9 Å². The Morgan fingerprint density at radius 3 is 2.56 bits per heavy atom. The average Bonchev–Trinajstić information content (AvgIpc) is 2.74. The highest BCUT2D eigenvalue weighted by Gasteiger charge is 2.11. The summed E-state index contributed by atoms with van der Waals surface area (Å²) in [5, 5.41) is 2.78. The van der Waals surface area contributed by atoms with Crippen LogP contribution in [0.5, 0.6) is 0 Å². The molecule has 2 N–H and O–H groups in total. The lowest BCUT2D eigenvalue weighted by atomic mass is 10.1. The molecular formula is C13H14ClNS. The van der Waals surface area contributed by atoms with Gasteiger partial charge in [-0.05, 0) is 29.9 Å². The van der Waals surface area contributed by atoms with E-state index >= 15 is 0 Å². The lowest BCUT2D eigenvalue weighted by Crippen LogP contribution is -2.10. The Labute approximate surface area is 105 Å². The standard InChI is InChI=1S/C13H14ClNS/c14-11-8-9-16-13(11)12(15)7-6-10-4-2-1-3-5-10/h1-5,8-9,12H,6-7,15H2. The van der Waals surface area contributed by atoms with Crippen molar-refractivity contribution in [2.24, 2.45) is 5.73 Å². The summed E-state index contributed by atoms with van der Waals surface area (Å²) in [5.41, 5.74) is 7.44. The molecule has 3 heteroatoms. The van der Waals surface area contributed by atoms with E-state index in [0.717, 1.165) is 22.7 Å². The van der Waals surface area contributed by atoms with Gasteiger partial charge in [-0.25, -0.2) is 0 Å². The van der Waals surface area contributed by atoms with E-state index in [2.05, 4.69) is 24.3 Å². The number of nitrogens with two attached hydrogens (primary N) is 1. The maximum absolute atomic E-state index is 6.11. The van der Waals surface area contributed by atoms with Crippen LogP contribution in [0.25, 0.3) is 0 Å². The van der Waals surface area contributed by atoms with Crippen LogP contribution in [0.2, 0.25) is 5.02 Å². The van der Waals surface area contributed by atoms with Crippen molar-refractivity contribution in [3.63, 3.8) is 0 Å². The Balaban J connectivity index is 1.94. The van der Waals surface area contributed by atoms with Crippen LogP contribution in [0.15, 0.2) is 41.8 Å². The summed E-state index contributed by atoms with van der Waals surface area (Å²) < 4.78 is 0. The summed E-state index contributed by atoms with van der Waals surface area (Å²) in [4.78, 5) is 1.09. The molecule has 1 aromatic carbocycles. The Hall–Kier alpha value is -0.830. The highest BCUT2D eigenvalue weighted by molar-refractivity contribution is 7.10. The summed E-state index contributed by atoms with van der Waals surface area (Å²) in [6, 6.07) is 12.3. The van der Waals surface area contributed by atoms with Gasteiger partial charge in [-0.1, -0.05) is 41.9 Å². The number of thiophene rings is 1. The molecule has 0 saturated heterocycles. The lowest BCUT2D eigenvalue weighted by Gasteiger charge is -2.10. The minimum Gasteiger partial charge on any atom is -0.323 e. The highest BCUT2D eigenvalue weighted by Crippen LogP contribution is 2.29. The number of aryl methyl sites for hydroxylation is 1. The van der Waals surface area contributed by atoms with Gasteiger partial charge in [0, 0.05) is 10.9 Å². The Bertz CT molecular complexity index is 438. The molecule has 0 aliphatic carbocycles. The van der Waals surface area contributed by atoms with Crippen molar-refractivity contribution >= 4 is 22.9 Å². The van der Waals surface area contributed by atoms with Gasteiger partial charge in [0.05, 0.1) is 5.02 Å². The molecule has 0 aliphatic heterocycles. The van der Waals surface area contributed by atoms with Crippen LogP contribution in [0, 0.1) is 0 Å². The van der Waals surface area contributed by atoms with Crippen LogP contribution in [-0.4, -0.2) is 0 Å². The normalized spacial score (nSPS) is 12.6. The maximum atomic E-state index is 6.11. The molecule has 1 heterocycles. The second-order valence-electron chi connectivity index (χ2n) is 3.76. The van der Waals surface area contributed by atoms with E-state index in [9.17, 15) is 0 Å². The molecule has 16 heavy (non-hydrogen) atoms. The van der Waals surface area contributed by atoms with Crippen molar-refractivity contribution in [1.29, 1.82) is 0 Å². The summed E-state index contributed by atoms with van der Waals surface area (Å²) >= 11 is 7.68. The van der Waals surface area contributed by atoms with E-state index in [-0.39, 0.29) is 6.04 Å². The largest absolute Gasteiger partial charge is 0.323 e. The SMILES string of the molecule is NC(CCc1ccccc1)c1sccc1Cl. The van der Waals surface area contributed by atoms with Gasteiger partial charge < -0.3 is 5.73 Å². The topological polar surface area (TPSA) is 26.0 Å². The quantitative estimate of drug-likeness (QED) is 0.872. The number of halogens is 1. The van der Waals surface area contributed by atoms with E-state index in [0.29, 0.717) is 0 Å². The molecule has 0 radical (unpaired) electrons. The zero-order chi connectivity index (χ0) is 11.4. The summed E-state index contributed by atoms with van der Waals surface area (Å²) in [6.07, 6.45) is 1.93. The molecule has 1 aromatic heterocycles. The van der Waals surface area contributed by atoms with Crippen LogP contribution in [0.4, 0.5) is 0 Å². The number of hydrogen-bond donors (Lipinski definition) is 1. The first-order valence-corrected chi connectivity index (χ1v) is 6.55. The minimum absolute atomic E-state index is 0.0488. The number of rotatable bonds is 4. The summed E-state index contributed by atoms with van der Waals surface area (Å²) in [5.74, 6) is 0. The van der Waals surface area contributed by atoms with Gasteiger partial charge in [0.1, 0.15) is 0 Å². The van der Waals surface area contributed by atoms with E-state index in [1.165, 1.54) is 5.56 Å². The summed E-state index contributed by atoms with van der Waals surface area (Å²) in [6.45, 7) is 0.